The van der Waals surface area contributed by atoms with Crippen LogP contribution in [0.25, 0.3) is 0 Å². The van der Waals surface area contributed by atoms with Gasteiger partial charge in [-0.1, -0.05) is 0 Å². The molecule has 14 heavy (non-hydrogen) atoms. The quantitative estimate of drug-likeness (QED) is 0.749. The molecule has 0 spiro atoms. The summed E-state index contributed by atoms with van der Waals surface area (Å²) in [6.45, 7) is 2.16. The van der Waals surface area contributed by atoms with Crippen molar-refractivity contribution in [3.8, 4) is 0 Å². The Labute approximate surface area is 83.7 Å². The van der Waals surface area contributed by atoms with Crippen LogP contribution >= 0.6 is 0 Å². The number of nitrogens with one attached hydrogen (secondary N) is 1. The van der Waals surface area contributed by atoms with Crippen molar-refractivity contribution in [1.29, 1.82) is 0 Å². The molecule has 2 aliphatic heterocycles. The second-order valence-electron chi connectivity index (χ2n) is 4.35. The van der Waals surface area contributed by atoms with Crippen molar-refractivity contribution < 1.29 is 8.78 Å². The highest BCUT2D eigenvalue weighted by atomic mass is 19.3. The third kappa shape index (κ3) is 2.42. The molecule has 2 saturated heterocycles. The SMILES string of the molecule is FC(F)CNC1CCN2CCCC2C1. The molecule has 2 unspecified atom stereocenters. The van der Waals surface area contributed by atoms with Crippen LogP contribution in [0, 0.1) is 0 Å². The molecule has 2 aliphatic rings. The lowest BCUT2D eigenvalue weighted by molar-refractivity contribution is 0.121. The van der Waals surface area contributed by atoms with Gasteiger partial charge in [0.25, 0.3) is 6.43 Å². The third-order valence-corrected chi connectivity index (χ3v) is 3.38. The molecular weight excluding hydrogens is 186 g/mol. The number of nitrogens with zero attached hydrogens (tertiary/aromatic N) is 1. The van der Waals surface area contributed by atoms with E-state index in [0.29, 0.717) is 12.1 Å². The highest BCUT2D eigenvalue weighted by Crippen LogP contribution is 2.26. The molecule has 0 aromatic carbocycles. The van der Waals surface area contributed by atoms with Crippen molar-refractivity contribution in [3.63, 3.8) is 0 Å². The Kier molecular flexibility index (Phi) is 3.34. The van der Waals surface area contributed by atoms with Crippen LogP contribution in [0.4, 0.5) is 8.78 Å². The van der Waals surface area contributed by atoms with Gasteiger partial charge in [-0.3, -0.25) is 0 Å². The lowest BCUT2D eigenvalue weighted by Gasteiger charge is -2.35. The first-order chi connectivity index (χ1) is 6.75. The zero-order chi connectivity index (χ0) is 9.97. The van der Waals surface area contributed by atoms with E-state index >= 15 is 0 Å². The summed E-state index contributed by atoms with van der Waals surface area (Å²) in [5.74, 6) is 0. The van der Waals surface area contributed by atoms with E-state index in [1.807, 2.05) is 0 Å². The predicted octanol–water partition coefficient (Wildman–Crippen LogP) is 1.47. The van der Waals surface area contributed by atoms with E-state index in [9.17, 15) is 8.78 Å². The number of piperidine rings is 1. The Morgan fingerprint density at radius 3 is 2.93 bits per heavy atom. The molecule has 0 amide bonds. The average Bonchev–Trinajstić information content (AvgIpc) is 2.61. The maximum atomic E-state index is 12.0. The van der Waals surface area contributed by atoms with Crippen LogP contribution in [-0.2, 0) is 0 Å². The first-order valence-corrected chi connectivity index (χ1v) is 5.51. The number of alkyl halides is 2. The minimum atomic E-state index is -2.21. The second-order valence-corrected chi connectivity index (χ2v) is 4.35. The van der Waals surface area contributed by atoms with Crippen molar-refractivity contribution in [1.82, 2.24) is 10.2 Å². The number of rotatable bonds is 3. The maximum Gasteiger partial charge on any atom is 0.250 e. The largest absolute Gasteiger partial charge is 0.309 e. The summed E-state index contributed by atoms with van der Waals surface area (Å²) in [7, 11) is 0. The Morgan fingerprint density at radius 1 is 1.29 bits per heavy atom. The summed E-state index contributed by atoms with van der Waals surface area (Å²) in [4.78, 5) is 2.50. The van der Waals surface area contributed by atoms with Gasteiger partial charge < -0.3 is 10.2 Å². The van der Waals surface area contributed by atoms with Gasteiger partial charge in [0.2, 0.25) is 0 Å². The minimum Gasteiger partial charge on any atom is -0.309 e. The molecule has 0 saturated carbocycles. The van der Waals surface area contributed by atoms with Crippen molar-refractivity contribution in [3.05, 3.63) is 0 Å². The van der Waals surface area contributed by atoms with Crippen molar-refractivity contribution in [2.24, 2.45) is 0 Å². The van der Waals surface area contributed by atoms with Gasteiger partial charge in [0.15, 0.2) is 0 Å². The molecule has 2 atom stereocenters. The Hall–Kier alpha value is -0.220. The summed E-state index contributed by atoms with van der Waals surface area (Å²) in [5.41, 5.74) is 0. The molecule has 2 fully saturated rings. The lowest BCUT2D eigenvalue weighted by atomic mass is 9.98. The van der Waals surface area contributed by atoms with E-state index in [0.717, 1.165) is 19.4 Å². The van der Waals surface area contributed by atoms with Crippen molar-refractivity contribution in [2.45, 2.75) is 44.2 Å². The summed E-state index contributed by atoms with van der Waals surface area (Å²) >= 11 is 0. The Morgan fingerprint density at radius 2 is 2.14 bits per heavy atom. The predicted molar refractivity (Wildman–Crippen MR) is 51.6 cm³/mol. The molecule has 4 heteroatoms. The Balaban J connectivity index is 1.74. The van der Waals surface area contributed by atoms with Gasteiger partial charge in [0.05, 0.1) is 6.54 Å². The molecule has 0 aromatic heterocycles. The highest BCUT2D eigenvalue weighted by molar-refractivity contribution is 4.89. The van der Waals surface area contributed by atoms with E-state index in [-0.39, 0.29) is 6.54 Å². The number of hydrogen-bond acceptors (Lipinski definition) is 2. The van der Waals surface area contributed by atoms with E-state index in [2.05, 4.69) is 10.2 Å². The van der Waals surface area contributed by atoms with Crippen LogP contribution in [-0.4, -0.2) is 43.0 Å². The van der Waals surface area contributed by atoms with Crippen LogP contribution in [0.15, 0.2) is 0 Å². The van der Waals surface area contributed by atoms with Gasteiger partial charge in [-0.25, -0.2) is 8.78 Å². The maximum absolute atomic E-state index is 12.0. The fourth-order valence-corrected chi connectivity index (χ4v) is 2.67. The van der Waals surface area contributed by atoms with E-state index in [1.165, 1.54) is 19.4 Å². The number of fused-ring (bicyclic) bond motifs is 1. The third-order valence-electron chi connectivity index (χ3n) is 3.38. The molecule has 1 N–H and O–H groups in total. The molecule has 0 radical (unpaired) electrons. The van der Waals surface area contributed by atoms with E-state index < -0.39 is 6.43 Å². The first-order valence-electron chi connectivity index (χ1n) is 5.51. The summed E-state index contributed by atoms with van der Waals surface area (Å²) in [5, 5.41) is 2.96. The summed E-state index contributed by atoms with van der Waals surface area (Å²) in [6, 6.07) is 0.988. The molecule has 0 bridgehead atoms. The van der Waals surface area contributed by atoms with Gasteiger partial charge in [0, 0.05) is 12.1 Å². The topological polar surface area (TPSA) is 15.3 Å². The smallest absolute Gasteiger partial charge is 0.250 e. The van der Waals surface area contributed by atoms with E-state index in [1.54, 1.807) is 0 Å². The van der Waals surface area contributed by atoms with Crippen LogP contribution < -0.4 is 5.32 Å². The fraction of sp³-hybridized carbons (Fsp3) is 1.00. The molecule has 2 nitrogen and oxygen atoms in total. The summed E-state index contributed by atoms with van der Waals surface area (Å²) < 4.78 is 24.0. The standard InChI is InChI=1S/C10H18F2N2/c11-10(12)7-13-8-3-5-14-4-1-2-9(14)6-8/h8-10,13H,1-7H2. The minimum absolute atomic E-state index is 0.141. The second kappa shape index (κ2) is 4.53. The zero-order valence-corrected chi connectivity index (χ0v) is 8.38. The van der Waals surface area contributed by atoms with Gasteiger partial charge >= 0.3 is 0 Å². The molecule has 0 aliphatic carbocycles. The van der Waals surface area contributed by atoms with Crippen molar-refractivity contribution >= 4 is 0 Å². The van der Waals surface area contributed by atoms with Crippen LogP contribution in [0.5, 0.6) is 0 Å². The van der Waals surface area contributed by atoms with Crippen LogP contribution in [0.3, 0.4) is 0 Å². The van der Waals surface area contributed by atoms with Gasteiger partial charge in [-0.2, -0.15) is 0 Å². The average molecular weight is 204 g/mol. The molecule has 2 heterocycles. The van der Waals surface area contributed by atoms with Crippen LogP contribution in [0.2, 0.25) is 0 Å². The fourth-order valence-electron chi connectivity index (χ4n) is 2.67. The first kappa shape index (κ1) is 10.3. The molecule has 2 rings (SSSR count). The normalized spacial score (nSPS) is 33.6. The molecule has 0 aromatic rings. The highest BCUT2D eigenvalue weighted by Gasteiger charge is 2.31. The van der Waals surface area contributed by atoms with Gasteiger partial charge in [-0.15, -0.1) is 0 Å². The zero-order valence-electron chi connectivity index (χ0n) is 8.38. The monoisotopic (exact) mass is 204 g/mol. The van der Waals surface area contributed by atoms with E-state index in [4.69, 9.17) is 0 Å². The summed E-state index contributed by atoms with van der Waals surface area (Å²) in [6.07, 6.45) is 2.42. The van der Waals surface area contributed by atoms with Crippen LogP contribution in [0.1, 0.15) is 25.7 Å². The lowest BCUT2D eigenvalue weighted by Crippen LogP contribution is -2.46. The van der Waals surface area contributed by atoms with Gasteiger partial charge in [0.1, 0.15) is 0 Å². The van der Waals surface area contributed by atoms with Gasteiger partial charge in [-0.05, 0) is 38.8 Å². The number of halogens is 2. The Bertz CT molecular complexity index is 187. The van der Waals surface area contributed by atoms with Crippen molar-refractivity contribution in [2.75, 3.05) is 19.6 Å². The number of hydrogen-bond donors (Lipinski definition) is 1. The molecular formula is C10H18F2N2. The molecule has 82 valence electrons.